The summed E-state index contributed by atoms with van der Waals surface area (Å²) in [5.41, 5.74) is 2.63. The van der Waals surface area contributed by atoms with Crippen LogP contribution in [0.1, 0.15) is 26.7 Å². The Kier molecular flexibility index (Phi) is 7.51. The molecule has 0 aromatic heterocycles. The molecule has 0 spiro atoms. The highest BCUT2D eigenvalue weighted by molar-refractivity contribution is 9.09. The second-order valence-corrected chi connectivity index (χ2v) is 3.52. The molecule has 0 heterocycles. The third kappa shape index (κ3) is 6.62. The minimum atomic E-state index is 0.160. The van der Waals surface area contributed by atoms with Crippen LogP contribution in [0.25, 0.3) is 0 Å². The van der Waals surface area contributed by atoms with Crippen molar-refractivity contribution in [1.29, 1.82) is 0 Å². The van der Waals surface area contributed by atoms with Gasteiger partial charge in [-0.1, -0.05) is 39.2 Å². The second-order valence-electron chi connectivity index (χ2n) is 2.96. The fourth-order valence-corrected chi connectivity index (χ4v) is 1.09. The molecular weight excluding hydrogens is 216 g/mol. The van der Waals surface area contributed by atoms with Crippen molar-refractivity contribution in [1.82, 2.24) is 0 Å². The van der Waals surface area contributed by atoms with Crippen LogP contribution in [0.3, 0.4) is 0 Å². The number of hydrogen-bond acceptors (Lipinski definition) is 1. The van der Waals surface area contributed by atoms with Gasteiger partial charge in [-0.15, -0.1) is 0 Å². The molecule has 0 amide bonds. The lowest BCUT2D eigenvalue weighted by Gasteiger charge is -1.97. The number of aliphatic hydroxyl groups is 1. The van der Waals surface area contributed by atoms with Crippen molar-refractivity contribution < 1.29 is 5.11 Å². The lowest BCUT2D eigenvalue weighted by atomic mass is 10.1. The van der Waals surface area contributed by atoms with E-state index in [0.29, 0.717) is 0 Å². The van der Waals surface area contributed by atoms with Crippen LogP contribution in [0.15, 0.2) is 23.3 Å². The molecule has 1 nitrogen and oxygen atoms in total. The van der Waals surface area contributed by atoms with E-state index in [1.807, 2.05) is 13.0 Å². The first-order valence-electron chi connectivity index (χ1n) is 4.18. The highest BCUT2D eigenvalue weighted by atomic mass is 79.9. The molecule has 0 bridgehead atoms. The van der Waals surface area contributed by atoms with Gasteiger partial charge in [0.1, 0.15) is 0 Å². The topological polar surface area (TPSA) is 20.2 Å². The van der Waals surface area contributed by atoms with Crippen molar-refractivity contribution in [3.05, 3.63) is 23.3 Å². The van der Waals surface area contributed by atoms with Gasteiger partial charge >= 0.3 is 0 Å². The average molecular weight is 233 g/mol. The molecule has 0 saturated carbocycles. The Morgan fingerprint density at radius 3 is 2.42 bits per heavy atom. The quantitative estimate of drug-likeness (QED) is 0.571. The molecule has 0 radical (unpaired) electrons. The number of aliphatic hydroxyl groups excluding tert-OH is 1. The molecule has 0 fully saturated rings. The van der Waals surface area contributed by atoms with E-state index in [9.17, 15) is 0 Å². The van der Waals surface area contributed by atoms with E-state index in [1.165, 1.54) is 11.1 Å². The highest BCUT2D eigenvalue weighted by Gasteiger charge is 1.88. The molecule has 0 aromatic rings. The van der Waals surface area contributed by atoms with Gasteiger partial charge in [-0.2, -0.15) is 0 Å². The summed E-state index contributed by atoms with van der Waals surface area (Å²) in [6.45, 7) is 4.32. The Labute approximate surface area is 83.3 Å². The third-order valence-electron chi connectivity index (χ3n) is 1.68. The van der Waals surface area contributed by atoms with Crippen LogP contribution in [-0.2, 0) is 0 Å². The summed E-state index contributed by atoms with van der Waals surface area (Å²) in [6.07, 6.45) is 6.20. The van der Waals surface area contributed by atoms with Gasteiger partial charge < -0.3 is 5.11 Å². The summed E-state index contributed by atoms with van der Waals surface area (Å²) in [5.74, 6) is 0. The van der Waals surface area contributed by atoms with Crippen molar-refractivity contribution in [2.24, 2.45) is 0 Å². The smallest absolute Gasteiger partial charge is 0.0614 e. The first-order valence-corrected chi connectivity index (χ1v) is 5.31. The molecule has 70 valence electrons. The van der Waals surface area contributed by atoms with Crippen LogP contribution in [0.5, 0.6) is 0 Å². The Hall–Kier alpha value is -0.0800. The lowest BCUT2D eigenvalue weighted by molar-refractivity contribution is 0.341. The zero-order chi connectivity index (χ0) is 9.40. The summed E-state index contributed by atoms with van der Waals surface area (Å²) in [6, 6.07) is 0. The van der Waals surface area contributed by atoms with Gasteiger partial charge in [0.15, 0.2) is 0 Å². The molecule has 0 rings (SSSR count). The number of halogens is 1. The summed E-state index contributed by atoms with van der Waals surface area (Å²) in [4.78, 5) is 0. The van der Waals surface area contributed by atoms with Crippen LogP contribution < -0.4 is 0 Å². The molecule has 0 aromatic carbocycles. The van der Waals surface area contributed by atoms with E-state index < -0.39 is 0 Å². The van der Waals surface area contributed by atoms with Gasteiger partial charge in [0.05, 0.1) is 6.61 Å². The van der Waals surface area contributed by atoms with Crippen molar-refractivity contribution >= 4 is 15.9 Å². The second kappa shape index (κ2) is 7.56. The Balaban J connectivity index is 3.62. The monoisotopic (exact) mass is 232 g/mol. The van der Waals surface area contributed by atoms with Gasteiger partial charge in [0, 0.05) is 5.33 Å². The maximum absolute atomic E-state index is 8.59. The van der Waals surface area contributed by atoms with Crippen LogP contribution in [0.4, 0.5) is 0 Å². The number of rotatable bonds is 5. The molecule has 0 unspecified atom stereocenters. The van der Waals surface area contributed by atoms with Gasteiger partial charge in [0.2, 0.25) is 0 Å². The molecular formula is C10H17BrO. The van der Waals surface area contributed by atoms with Crippen LogP contribution in [0.2, 0.25) is 0 Å². The first-order chi connectivity index (χ1) is 5.70. The zero-order valence-corrected chi connectivity index (χ0v) is 9.39. The van der Waals surface area contributed by atoms with Gasteiger partial charge in [-0.05, 0) is 26.7 Å². The molecule has 0 atom stereocenters. The summed E-state index contributed by atoms with van der Waals surface area (Å²) in [5, 5.41) is 9.55. The zero-order valence-electron chi connectivity index (χ0n) is 7.81. The SMILES string of the molecule is CC(=CCCC(C)=CCO)CBr. The molecule has 2 heteroatoms. The Morgan fingerprint density at radius 2 is 1.92 bits per heavy atom. The number of hydrogen-bond donors (Lipinski definition) is 1. The molecule has 0 aliphatic rings. The number of allylic oxidation sites excluding steroid dienone is 3. The number of alkyl halides is 1. The standard InChI is InChI=1S/C10H17BrO/c1-9(6-7-12)4-3-5-10(2)8-11/h5-6,12H,3-4,7-8H2,1-2H3. The molecule has 0 aliphatic carbocycles. The lowest BCUT2D eigenvalue weighted by Crippen LogP contribution is -1.82. The maximum Gasteiger partial charge on any atom is 0.0614 e. The van der Waals surface area contributed by atoms with E-state index in [0.717, 1.165) is 18.2 Å². The fourth-order valence-electron chi connectivity index (χ4n) is 0.859. The molecule has 0 aliphatic heterocycles. The third-order valence-corrected chi connectivity index (χ3v) is 2.57. The summed E-state index contributed by atoms with van der Waals surface area (Å²) in [7, 11) is 0. The fraction of sp³-hybridized carbons (Fsp3) is 0.600. The minimum absolute atomic E-state index is 0.160. The van der Waals surface area contributed by atoms with Crippen LogP contribution in [-0.4, -0.2) is 17.0 Å². The Bertz CT molecular complexity index is 171. The van der Waals surface area contributed by atoms with Crippen molar-refractivity contribution in [2.75, 3.05) is 11.9 Å². The van der Waals surface area contributed by atoms with Crippen molar-refractivity contribution in [3.63, 3.8) is 0 Å². The summed E-state index contributed by atoms with van der Waals surface area (Å²) >= 11 is 3.39. The van der Waals surface area contributed by atoms with E-state index in [4.69, 9.17) is 5.11 Å². The van der Waals surface area contributed by atoms with Gasteiger partial charge in [-0.25, -0.2) is 0 Å². The van der Waals surface area contributed by atoms with Crippen molar-refractivity contribution in [3.8, 4) is 0 Å². The van der Waals surface area contributed by atoms with Crippen molar-refractivity contribution in [2.45, 2.75) is 26.7 Å². The molecule has 0 saturated heterocycles. The maximum atomic E-state index is 8.59. The predicted octanol–water partition coefficient (Wildman–Crippen LogP) is 3.05. The predicted molar refractivity (Wildman–Crippen MR) is 57.6 cm³/mol. The summed E-state index contributed by atoms with van der Waals surface area (Å²) < 4.78 is 0. The first kappa shape index (κ1) is 11.9. The Morgan fingerprint density at radius 1 is 1.25 bits per heavy atom. The van der Waals surface area contributed by atoms with Gasteiger partial charge in [0.25, 0.3) is 0 Å². The van der Waals surface area contributed by atoms with Gasteiger partial charge in [-0.3, -0.25) is 0 Å². The van der Waals surface area contributed by atoms with E-state index in [2.05, 4.69) is 28.9 Å². The average Bonchev–Trinajstić information content (AvgIpc) is 2.04. The minimum Gasteiger partial charge on any atom is -0.392 e. The van der Waals surface area contributed by atoms with Crippen LogP contribution in [0, 0.1) is 0 Å². The molecule has 12 heavy (non-hydrogen) atoms. The van der Waals surface area contributed by atoms with Crippen LogP contribution >= 0.6 is 15.9 Å². The largest absolute Gasteiger partial charge is 0.392 e. The molecule has 1 N–H and O–H groups in total. The normalized spacial score (nSPS) is 13.7. The van der Waals surface area contributed by atoms with E-state index in [-0.39, 0.29) is 6.61 Å². The van der Waals surface area contributed by atoms with E-state index in [1.54, 1.807) is 0 Å². The highest BCUT2D eigenvalue weighted by Crippen LogP contribution is 2.07. The van der Waals surface area contributed by atoms with E-state index >= 15 is 0 Å².